The number of aromatic nitrogens is 1. The van der Waals surface area contributed by atoms with Gasteiger partial charge in [0.25, 0.3) is 0 Å². The Balaban J connectivity index is 2.59. The van der Waals surface area contributed by atoms with Crippen molar-refractivity contribution < 1.29 is 0 Å². The van der Waals surface area contributed by atoms with Crippen LogP contribution in [0.25, 0.3) is 0 Å². The normalized spacial score (nSPS) is 14.5. The van der Waals surface area contributed by atoms with Crippen molar-refractivity contribution in [2.75, 3.05) is 5.43 Å². The molecule has 3 nitrogen and oxygen atoms in total. The molecule has 0 unspecified atom stereocenters. The van der Waals surface area contributed by atoms with Crippen molar-refractivity contribution in [1.82, 2.24) is 9.82 Å². The maximum atomic E-state index is 4.16. The molecule has 0 aromatic carbocycles. The highest BCUT2D eigenvalue weighted by Gasteiger charge is 2.12. The molecule has 4 heteroatoms. The Labute approximate surface area is 63.3 Å². The SMILES string of the molecule is Cc1ccnc2c1NNS2. The van der Waals surface area contributed by atoms with Gasteiger partial charge in [0.15, 0.2) is 0 Å². The van der Waals surface area contributed by atoms with E-state index in [-0.39, 0.29) is 0 Å². The van der Waals surface area contributed by atoms with E-state index in [2.05, 4.69) is 22.2 Å². The number of nitrogens with one attached hydrogen (secondary N) is 2. The molecule has 0 bridgehead atoms. The van der Waals surface area contributed by atoms with Crippen LogP contribution in [0.4, 0.5) is 5.69 Å². The lowest BCUT2D eigenvalue weighted by Crippen LogP contribution is -2.05. The van der Waals surface area contributed by atoms with Crippen LogP contribution in [0, 0.1) is 6.92 Å². The van der Waals surface area contributed by atoms with Gasteiger partial charge in [-0.05, 0) is 30.5 Å². The highest BCUT2D eigenvalue weighted by molar-refractivity contribution is 7.97. The number of aryl methyl sites for hydroxylation is 1. The Bertz CT molecular complexity index is 261. The van der Waals surface area contributed by atoms with Crippen LogP contribution >= 0.6 is 11.9 Å². The van der Waals surface area contributed by atoms with Crippen LogP contribution in [-0.4, -0.2) is 4.98 Å². The lowest BCUT2D eigenvalue weighted by Gasteiger charge is -1.98. The summed E-state index contributed by atoms with van der Waals surface area (Å²) in [6, 6.07) is 1.99. The van der Waals surface area contributed by atoms with Crippen LogP contribution in [0.3, 0.4) is 0 Å². The smallest absolute Gasteiger partial charge is 0.137 e. The van der Waals surface area contributed by atoms with Crippen LogP contribution in [-0.2, 0) is 0 Å². The fourth-order valence-electron chi connectivity index (χ4n) is 0.888. The third kappa shape index (κ3) is 0.767. The molecular formula is C6H7N3S. The second-order valence-corrected chi connectivity index (χ2v) is 2.93. The molecule has 1 aliphatic rings. The zero-order valence-electron chi connectivity index (χ0n) is 5.51. The number of fused-ring (bicyclic) bond motifs is 1. The third-order valence-electron chi connectivity index (χ3n) is 1.45. The molecular weight excluding hydrogens is 146 g/mol. The molecule has 1 aromatic rings. The number of hydrogen-bond donors (Lipinski definition) is 2. The lowest BCUT2D eigenvalue weighted by atomic mass is 10.3. The summed E-state index contributed by atoms with van der Waals surface area (Å²) in [5, 5.41) is 1.03. The van der Waals surface area contributed by atoms with Crippen LogP contribution in [0.1, 0.15) is 5.56 Å². The number of rotatable bonds is 0. The number of hydrazine groups is 1. The maximum absolute atomic E-state index is 4.16. The van der Waals surface area contributed by atoms with E-state index in [0.717, 1.165) is 10.7 Å². The highest BCUT2D eigenvalue weighted by Crippen LogP contribution is 2.29. The molecule has 0 radical (unpaired) electrons. The Hall–Kier alpha value is -0.740. The van der Waals surface area contributed by atoms with E-state index in [1.165, 1.54) is 17.5 Å². The van der Waals surface area contributed by atoms with Crippen molar-refractivity contribution in [3.63, 3.8) is 0 Å². The molecule has 0 aliphatic carbocycles. The molecule has 0 amide bonds. The van der Waals surface area contributed by atoms with Gasteiger partial charge in [-0.3, -0.25) is 0 Å². The van der Waals surface area contributed by atoms with Crippen molar-refractivity contribution in [3.8, 4) is 0 Å². The Morgan fingerprint density at radius 2 is 2.50 bits per heavy atom. The van der Waals surface area contributed by atoms with Gasteiger partial charge in [0.05, 0.1) is 5.69 Å². The summed E-state index contributed by atoms with van der Waals surface area (Å²) in [5.74, 6) is 0. The van der Waals surface area contributed by atoms with Gasteiger partial charge in [-0.15, -0.1) is 0 Å². The zero-order valence-corrected chi connectivity index (χ0v) is 6.33. The fraction of sp³-hybridized carbons (Fsp3) is 0.167. The maximum Gasteiger partial charge on any atom is 0.137 e. The molecule has 2 rings (SSSR count). The fourth-order valence-corrected chi connectivity index (χ4v) is 1.57. The second kappa shape index (κ2) is 2.14. The number of hydrogen-bond acceptors (Lipinski definition) is 4. The zero-order chi connectivity index (χ0) is 6.97. The molecule has 52 valence electrons. The van der Waals surface area contributed by atoms with Crippen LogP contribution in [0.5, 0.6) is 0 Å². The summed E-state index contributed by atoms with van der Waals surface area (Å²) >= 11 is 1.51. The number of pyridine rings is 1. The Morgan fingerprint density at radius 1 is 1.60 bits per heavy atom. The standard InChI is InChI=1S/C6H7N3S/c1-4-2-3-7-6-5(4)8-9-10-6/h2-3,8-9H,1H3. The molecule has 1 aromatic heterocycles. The molecule has 2 heterocycles. The van der Waals surface area contributed by atoms with Crippen molar-refractivity contribution in [2.24, 2.45) is 0 Å². The predicted molar refractivity (Wildman–Crippen MR) is 41.6 cm³/mol. The van der Waals surface area contributed by atoms with Gasteiger partial charge in [0.2, 0.25) is 0 Å². The van der Waals surface area contributed by atoms with E-state index in [9.17, 15) is 0 Å². The number of anilines is 1. The van der Waals surface area contributed by atoms with E-state index in [4.69, 9.17) is 0 Å². The van der Waals surface area contributed by atoms with Crippen LogP contribution < -0.4 is 10.3 Å². The Morgan fingerprint density at radius 3 is 3.30 bits per heavy atom. The first-order valence-corrected chi connectivity index (χ1v) is 3.83. The first-order valence-electron chi connectivity index (χ1n) is 3.01. The average molecular weight is 153 g/mol. The molecule has 0 atom stereocenters. The van der Waals surface area contributed by atoms with Crippen molar-refractivity contribution in [3.05, 3.63) is 17.8 Å². The van der Waals surface area contributed by atoms with Crippen molar-refractivity contribution >= 4 is 17.6 Å². The summed E-state index contributed by atoms with van der Waals surface area (Å²) in [6.45, 7) is 2.06. The van der Waals surface area contributed by atoms with E-state index >= 15 is 0 Å². The molecule has 2 N–H and O–H groups in total. The van der Waals surface area contributed by atoms with E-state index in [1.807, 2.05) is 12.3 Å². The predicted octanol–water partition coefficient (Wildman–Crippen LogP) is 1.33. The van der Waals surface area contributed by atoms with Gasteiger partial charge in [0.1, 0.15) is 5.03 Å². The molecule has 0 saturated carbocycles. The van der Waals surface area contributed by atoms with Gasteiger partial charge >= 0.3 is 0 Å². The summed E-state index contributed by atoms with van der Waals surface area (Å²) in [7, 11) is 0. The molecule has 1 aliphatic heterocycles. The molecule has 0 saturated heterocycles. The van der Waals surface area contributed by atoms with E-state index < -0.39 is 0 Å². The minimum Gasteiger partial charge on any atom is -0.309 e. The van der Waals surface area contributed by atoms with Crippen LogP contribution in [0.15, 0.2) is 17.3 Å². The first kappa shape index (κ1) is 6.00. The largest absolute Gasteiger partial charge is 0.309 e. The average Bonchev–Trinajstić information content (AvgIpc) is 2.36. The summed E-state index contributed by atoms with van der Waals surface area (Å²) in [6.07, 6.45) is 1.82. The molecule has 0 spiro atoms. The van der Waals surface area contributed by atoms with Crippen molar-refractivity contribution in [1.29, 1.82) is 0 Å². The van der Waals surface area contributed by atoms with Crippen molar-refractivity contribution in [2.45, 2.75) is 11.9 Å². The lowest BCUT2D eigenvalue weighted by molar-refractivity contribution is 1.12. The minimum absolute atomic E-state index is 1.03. The van der Waals surface area contributed by atoms with Gasteiger partial charge < -0.3 is 5.43 Å². The van der Waals surface area contributed by atoms with Gasteiger partial charge in [-0.2, -0.15) is 4.83 Å². The summed E-state index contributed by atoms with van der Waals surface area (Å²) < 4.78 is 0. The van der Waals surface area contributed by atoms with E-state index in [0.29, 0.717) is 0 Å². The molecule has 10 heavy (non-hydrogen) atoms. The van der Waals surface area contributed by atoms with E-state index in [1.54, 1.807) is 0 Å². The first-order chi connectivity index (χ1) is 4.88. The quantitative estimate of drug-likeness (QED) is 0.551. The van der Waals surface area contributed by atoms with Gasteiger partial charge in [-0.25, -0.2) is 4.98 Å². The van der Waals surface area contributed by atoms with Gasteiger partial charge in [0, 0.05) is 6.20 Å². The summed E-state index contributed by atoms with van der Waals surface area (Å²) in [4.78, 5) is 7.09. The monoisotopic (exact) mass is 153 g/mol. The van der Waals surface area contributed by atoms with Gasteiger partial charge in [-0.1, -0.05) is 0 Å². The minimum atomic E-state index is 1.03. The van der Waals surface area contributed by atoms with Crippen LogP contribution in [0.2, 0.25) is 0 Å². The molecule has 0 fully saturated rings. The summed E-state index contributed by atoms with van der Waals surface area (Å²) in [5.41, 5.74) is 5.35. The topological polar surface area (TPSA) is 37.0 Å². The highest BCUT2D eigenvalue weighted by atomic mass is 32.2. The third-order valence-corrected chi connectivity index (χ3v) is 2.16. The Kier molecular flexibility index (Phi) is 1.28. The second-order valence-electron chi connectivity index (χ2n) is 2.14. The number of nitrogens with zero attached hydrogens (tertiary/aromatic N) is 1.